The predicted molar refractivity (Wildman–Crippen MR) is 119 cm³/mol. The van der Waals surface area contributed by atoms with Crippen LogP contribution in [0.5, 0.6) is 0 Å². The second-order valence-electron chi connectivity index (χ2n) is 7.82. The van der Waals surface area contributed by atoms with E-state index >= 15 is 0 Å². The Balaban J connectivity index is 1.66. The Morgan fingerprint density at radius 2 is 1.85 bits per heavy atom. The van der Waals surface area contributed by atoms with Crippen molar-refractivity contribution >= 4 is 17.7 Å². The summed E-state index contributed by atoms with van der Waals surface area (Å²) >= 11 is 0. The highest BCUT2D eigenvalue weighted by molar-refractivity contribution is 5.96. The van der Waals surface area contributed by atoms with Gasteiger partial charge in [-0.2, -0.15) is 13.9 Å². The van der Waals surface area contributed by atoms with Crippen LogP contribution < -0.4 is 16.0 Å². The monoisotopic (exact) mass is 473 g/mol. The fourth-order valence-corrected chi connectivity index (χ4v) is 3.19. The molecule has 3 rings (SSSR count). The van der Waals surface area contributed by atoms with Gasteiger partial charge in [-0.3, -0.25) is 14.4 Å². The summed E-state index contributed by atoms with van der Waals surface area (Å²) in [6.07, 6.45) is 1.03. The molecule has 0 spiro atoms. The molecule has 34 heavy (non-hydrogen) atoms. The number of alkyl halides is 2. The molecule has 0 fully saturated rings. The summed E-state index contributed by atoms with van der Waals surface area (Å²) in [5.41, 5.74) is 1.27. The molecule has 2 aromatic heterocycles. The van der Waals surface area contributed by atoms with Gasteiger partial charge in [0, 0.05) is 25.4 Å². The lowest BCUT2D eigenvalue weighted by atomic mass is 10.0. The number of nitrogens with zero attached hydrogens (tertiary/aromatic N) is 2. The molecule has 3 aromatic rings. The first-order chi connectivity index (χ1) is 16.2. The van der Waals surface area contributed by atoms with Crippen molar-refractivity contribution < 1.29 is 27.6 Å². The Kier molecular flexibility index (Phi) is 7.77. The molecular weight excluding hydrogens is 448 g/mol. The first-order valence-electron chi connectivity index (χ1n) is 10.5. The number of carbonyl (C=O) groups is 3. The van der Waals surface area contributed by atoms with Gasteiger partial charge in [0.05, 0.1) is 0 Å². The SMILES string of the molecule is CNC(=O)[C@@H](NC(=O)c1ccc(-c2cccc(CNC(=O)c3ccn(C(F)F)n3)c2)o1)C(C)C. The molecule has 0 bridgehead atoms. The summed E-state index contributed by atoms with van der Waals surface area (Å²) in [4.78, 5) is 36.7. The molecule has 9 nitrogen and oxygen atoms in total. The Hall–Kier alpha value is -4.02. The molecule has 0 unspecified atom stereocenters. The van der Waals surface area contributed by atoms with E-state index in [-0.39, 0.29) is 29.8 Å². The van der Waals surface area contributed by atoms with Crippen molar-refractivity contribution in [2.24, 2.45) is 5.92 Å². The number of furan rings is 1. The highest BCUT2D eigenvalue weighted by Gasteiger charge is 2.25. The van der Waals surface area contributed by atoms with Crippen molar-refractivity contribution in [2.75, 3.05) is 7.05 Å². The lowest BCUT2D eigenvalue weighted by Gasteiger charge is -2.19. The molecule has 0 aliphatic heterocycles. The molecule has 2 heterocycles. The van der Waals surface area contributed by atoms with Crippen molar-refractivity contribution in [3.05, 3.63) is 65.7 Å². The van der Waals surface area contributed by atoms with E-state index in [1.807, 2.05) is 13.8 Å². The number of halogens is 2. The molecule has 0 aliphatic rings. The number of likely N-dealkylation sites (N-methyl/N-ethyl adjacent to an activating group) is 1. The average molecular weight is 473 g/mol. The van der Waals surface area contributed by atoms with Gasteiger partial charge < -0.3 is 20.4 Å². The number of benzene rings is 1. The zero-order chi connectivity index (χ0) is 24.8. The number of aromatic nitrogens is 2. The van der Waals surface area contributed by atoms with Gasteiger partial charge in [-0.15, -0.1) is 0 Å². The minimum absolute atomic E-state index is 0.0536. The zero-order valence-corrected chi connectivity index (χ0v) is 18.8. The summed E-state index contributed by atoms with van der Waals surface area (Å²) in [5, 5.41) is 11.4. The molecule has 0 saturated carbocycles. The summed E-state index contributed by atoms with van der Waals surface area (Å²) in [7, 11) is 1.50. The molecule has 0 radical (unpaired) electrons. The predicted octanol–water partition coefficient (Wildman–Crippen LogP) is 2.97. The quantitative estimate of drug-likeness (QED) is 0.442. The third-order valence-corrected chi connectivity index (χ3v) is 5.02. The highest BCUT2D eigenvalue weighted by Crippen LogP contribution is 2.23. The molecule has 11 heteroatoms. The fraction of sp³-hybridized carbons (Fsp3) is 0.304. The smallest absolute Gasteiger partial charge is 0.333 e. The van der Waals surface area contributed by atoms with Gasteiger partial charge in [-0.05, 0) is 35.7 Å². The van der Waals surface area contributed by atoms with E-state index < -0.39 is 24.4 Å². The van der Waals surface area contributed by atoms with Crippen LogP contribution in [0.1, 0.15) is 47.0 Å². The van der Waals surface area contributed by atoms with Gasteiger partial charge in [-0.25, -0.2) is 4.68 Å². The maximum absolute atomic E-state index is 12.6. The number of rotatable bonds is 9. The van der Waals surface area contributed by atoms with Gasteiger partial charge in [0.15, 0.2) is 5.76 Å². The molecule has 0 aliphatic carbocycles. The Bertz CT molecular complexity index is 1170. The van der Waals surface area contributed by atoms with E-state index in [9.17, 15) is 23.2 Å². The van der Waals surface area contributed by atoms with Crippen LogP contribution >= 0.6 is 0 Å². The summed E-state index contributed by atoms with van der Waals surface area (Å²) in [5.74, 6) is -1.04. The first-order valence-corrected chi connectivity index (χ1v) is 10.5. The molecule has 180 valence electrons. The highest BCUT2D eigenvalue weighted by atomic mass is 19.3. The van der Waals surface area contributed by atoms with Crippen LogP contribution in [0.2, 0.25) is 0 Å². The summed E-state index contributed by atoms with van der Waals surface area (Å²) in [6.45, 7) is 0.952. The zero-order valence-electron chi connectivity index (χ0n) is 18.8. The van der Waals surface area contributed by atoms with Gasteiger partial charge >= 0.3 is 6.55 Å². The molecule has 1 atom stereocenters. The molecular formula is C23H25F2N5O4. The first kappa shape index (κ1) is 24.6. The van der Waals surface area contributed by atoms with Crippen LogP contribution in [-0.4, -0.2) is 40.6 Å². The number of hydrogen-bond donors (Lipinski definition) is 3. The third kappa shape index (κ3) is 5.85. The number of amides is 3. The van der Waals surface area contributed by atoms with Crippen molar-refractivity contribution in [1.29, 1.82) is 0 Å². The van der Waals surface area contributed by atoms with Crippen LogP contribution in [-0.2, 0) is 11.3 Å². The standard InChI is InChI=1S/C23H25F2N5O4/c1-13(2)19(22(33)26-3)28-21(32)18-8-7-17(34-18)15-6-4-5-14(11-15)12-27-20(31)16-9-10-30(29-16)23(24)25/h4-11,13,19,23H,12H2,1-3H3,(H,26,33)(H,27,31)(H,28,32)/t19-/m0/s1. The van der Waals surface area contributed by atoms with Crippen LogP contribution in [0, 0.1) is 5.92 Å². The van der Waals surface area contributed by atoms with Gasteiger partial charge in [0.25, 0.3) is 11.8 Å². The van der Waals surface area contributed by atoms with E-state index in [0.29, 0.717) is 16.0 Å². The molecule has 0 saturated heterocycles. The van der Waals surface area contributed by atoms with E-state index in [1.54, 1.807) is 30.3 Å². The number of nitrogens with one attached hydrogen (secondary N) is 3. The van der Waals surface area contributed by atoms with Crippen molar-refractivity contribution in [1.82, 2.24) is 25.7 Å². The van der Waals surface area contributed by atoms with Gasteiger partial charge in [0.2, 0.25) is 5.91 Å². The lowest BCUT2D eigenvalue weighted by molar-refractivity contribution is -0.123. The summed E-state index contributed by atoms with van der Waals surface area (Å²) in [6, 6.07) is 10.7. The normalized spacial score (nSPS) is 12.0. The third-order valence-electron chi connectivity index (χ3n) is 5.02. The Labute approximate surface area is 194 Å². The van der Waals surface area contributed by atoms with Gasteiger partial charge in [0.1, 0.15) is 17.5 Å². The van der Waals surface area contributed by atoms with E-state index in [0.717, 1.165) is 11.8 Å². The minimum atomic E-state index is -2.82. The van der Waals surface area contributed by atoms with Crippen LogP contribution in [0.4, 0.5) is 8.78 Å². The maximum atomic E-state index is 12.6. The van der Waals surface area contributed by atoms with E-state index in [1.165, 1.54) is 19.2 Å². The molecule has 1 aromatic carbocycles. The number of hydrogen-bond acceptors (Lipinski definition) is 5. The second kappa shape index (κ2) is 10.7. The second-order valence-corrected chi connectivity index (χ2v) is 7.82. The lowest BCUT2D eigenvalue weighted by Crippen LogP contribution is -2.48. The van der Waals surface area contributed by atoms with E-state index in [4.69, 9.17) is 4.42 Å². The van der Waals surface area contributed by atoms with Crippen LogP contribution in [0.3, 0.4) is 0 Å². The van der Waals surface area contributed by atoms with Crippen molar-refractivity contribution in [3.63, 3.8) is 0 Å². The Morgan fingerprint density at radius 1 is 1.09 bits per heavy atom. The minimum Gasteiger partial charge on any atom is -0.451 e. The fourth-order valence-electron chi connectivity index (χ4n) is 3.19. The number of carbonyl (C=O) groups excluding carboxylic acids is 3. The van der Waals surface area contributed by atoms with Gasteiger partial charge in [-0.1, -0.05) is 32.0 Å². The van der Waals surface area contributed by atoms with Crippen molar-refractivity contribution in [2.45, 2.75) is 33.0 Å². The molecule has 3 N–H and O–H groups in total. The summed E-state index contributed by atoms with van der Waals surface area (Å²) < 4.78 is 31.3. The van der Waals surface area contributed by atoms with E-state index in [2.05, 4.69) is 21.0 Å². The average Bonchev–Trinajstić information content (AvgIpc) is 3.51. The van der Waals surface area contributed by atoms with Crippen molar-refractivity contribution in [3.8, 4) is 11.3 Å². The topological polar surface area (TPSA) is 118 Å². The largest absolute Gasteiger partial charge is 0.451 e. The van der Waals surface area contributed by atoms with Crippen LogP contribution in [0.15, 0.2) is 53.1 Å². The van der Waals surface area contributed by atoms with Crippen LogP contribution in [0.25, 0.3) is 11.3 Å². The molecule has 3 amide bonds. The maximum Gasteiger partial charge on any atom is 0.333 e. The Morgan fingerprint density at radius 3 is 2.50 bits per heavy atom.